The molecular weight excluding hydrogens is 434 g/mol. The minimum Gasteiger partial charge on any atom is -0.493 e. The summed E-state index contributed by atoms with van der Waals surface area (Å²) in [6.07, 6.45) is 0. The molecule has 0 saturated heterocycles. The van der Waals surface area contributed by atoms with Gasteiger partial charge >= 0.3 is 0 Å². The van der Waals surface area contributed by atoms with E-state index in [1.807, 2.05) is 43.3 Å². The van der Waals surface area contributed by atoms with E-state index in [-0.39, 0.29) is 19.1 Å². The molecule has 0 fully saturated rings. The normalized spacial score (nSPS) is 10.6. The lowest BCUT2D eigenvalue weighted by molar-refractivity contribution is 0.0945. The number of benzene rings is 3. The van der Waals surface area contributed by atoms with Gasteiger partial charge in [-0.1, -0.05) is 59.3 Å². The van der Waals surface area contributed by atoms with Crippen LogP contribution in [0.4, 0.5) is 0 Å². The average Bonchev–Trinajstić information content (AvgIpc) is 3.35. The summed E-state index contributed by atoms with van der Waals surface area (Å²) >= 11 is 0. The van der Waals surface area contributed by atoms with Gasteiger partial charge in [-0.2, -0.15) is 4.98 Å². The molecule has 0 aliphatic carbocycles. The molecule has 8 nitrogen and oxygen atoms in total. The van der Waals surface area contributed by atoms with Crippen molar-refractivity contribution in [2.24, 2.45) is 0 Å². The number of aromatic nitrogens is 2. The fourth-order valence-electron chi connectivity index (χ4n) is 3.42. The van der Waals surface area contributed by atoms with Gasteiger partial charge in [-0.15, -0.1) is 0 Å². The Morgan fingerprint density at radius 2 is 1.71 bits per heavy atom. The summed E-state index contributed by atoms with van der Waals surface area (Å²) in [4.78, 5) is 17.3. The van der Waals surface area contributed by atoms with Crippen LogP contribution in [-0.4, -0.2) is 30.3 Å². The second-order valence-corrected chi connectivity index (χ2v) is 7.50. The van der Waals surface area contributed by atoms with E-state index in [2.05, 4.69) is 15.5 Å². The molecule has 1 N–H and O–H groups in total. The van der Waals surface area contributed by atoms with Crippen LogP contribution in [0.3, 0.4) is 0 Å². The van der Waals surface area contributed by atoms with Gasteiger partial charge in [0.25, 0.3) is 11.8 Å². The number of rotatable bonds is 9. The van der Waals surface area contributed by atoms with Crippen molar-refractivity contribution in [1.29, 1.82) is 0 Å². The quantitative estimate of drug-likeness (QED) is 0.392. The van der Waals surface area contributed by atoms with Gasteiger partial charge in [-0.3, -0.25) is 4.79 Å². The highest BCUT2D eigenvalue weighted by Gasteiger charge is 2.16. The van der Waals surface area contributed by atoms with Crippen molar-refractivity contribution >= 4 is 5.91 Å². The number of hydrogen-bond donors (Lipinski definition) is 1. The molecule has 1 amide bonds. The molecule has 0 atom stereocenters. The first-order valence-corrected chi connectivity index (χ1v) is 10.7. The standard InChI is InChI=1S/C26H25N3O5/c1-17-11-13-18(14-12-17)25-28-23(34-29-25)16-33-21-9-5-4-8-20(21)26(30)27-15-19-7-6-10-22(31-2)24(19)32-3/h4-14H,15-16H2,1-3H3,(H,27,30). The third kappa shape index (κ3) is 5.17. The zero-order chi connectivity index (χ0) is 23.9. The van der Waals surface area contributed by atoms with Gasteiger partial charge in [0, 0.05) is 17.7 Å². The number of para-hydroxylation sites is 2. The Balaban J connectivity index is 1.42. The Hall–Kier alpha value is -4.33. The average molecular weight is 460 g/mol. The summed E-state index contributed by atoms with van der Waals surface area (Å²) in [6, 6.07) is 20.3. The molecule has 0 aliphatic rings. The van der Waals surface area contributed by atoms with E-state index < -0.39 is 0 Å². The molecule has 34 heavy (non-hydrogen) atoms. The molecular formula is C26H25N3O5. The smallest absolute Gasteiger partial charge is 0.264 e. The molecule has 4 aromatic rings. The van der Waals surface area contributed by atoms with E-state index in [1.165, 1.54) is 0 Å². The number of aryl methyl sites for hydroxylation is 1. The topological polar surface area (TPSA) is 95.7 Å². The lowest BCUT2D eigenvalue weighted by Crippen LogP contribution is -2.23. The lowest BCUT2D eigenvalue weighted by Gasteiger charge is -2.14. The molecule has 0 radical (unpaired) electrons. The Labute approximate surface area is 197 Å². The maximum Gasteiger partial charge on any atom is 0.264 e. The van der Waals surface area contributed by atoms with Crippen molar-refractivity contribution in [3.8, 4) is 28.6 Å². The molecule has 174 valence electrons. The second kappa shape index (κ2) is 10.5. The van der Waals surface area contributed by atoms with Crippen LogP contribution >= 0.6 is 0 Å². The highest BCUT2D eigenvalue weighted by molar-refractivity contribution is 5.96. The molecule has 0 aliphatic heterocycles. The maximum absolute atomic E-state index is 12.9. The Morgan fingerprint density at radius 1 is 0.941 bits per heavy atom. The van der Waals surface area contributed by atoms with Crippen LogP contribution < -0.4 is 19.5 Å². The number of methoxy groups -OCH3 is 2. The first kappa shape index (κ1) is 22.8. The molecule has 1 heterocycles. The van der Waals surface area contributed by atoms with Gasteiger partial charge in [0.2, 0.25) is 5.82 Å². The van der Waals surface area contributed by atoms with Crippen molar-refractivity contribution < 1.29 is 23.5 Å². The number of nitrogens with zero attached hydrogens (tertiary/aromatic N) is 2. The summed E-state index contributed by atoms with van der Waals surface area (Å²) in [7, 11) is 3.13. The highest BCUT2D eigenvalue weighted by atomic mass is 16.5. The van der Waals surface area contributed by atoms with Gasteiger partial charge in [-0.05, 0) is 25.1 Å². The van der Waals surface area contributed by atoms with E-state index in [9.17, 15) is 4.79 Å². The molecule has 4 rings (SSSR count). The molecule has 0 spiro atoms. The number of carbonyl (C=O) groups is 1. The summed E-state index contributed by atoms with van der Waals surface area (Å²) in [6.45, 7) is 2.31. The third-order valence-corrected chi connectivity index (χ3v) is 5.18. The fraction of sp³-hybridized carbons (Fsp3) is 0.192. The minimum absolute atomic E-state index is 0.0346. The first-order valence-electron chi connectivity index (χ1n) is 10.7. The first-order chi connectivity index (χ1) is 16.6. The van der Waals surface area contributed by atoms with E-state index in [4.69, 9.17) is 18.7 Å². The van der Waals surface area contributed by atoms with Crippen LogP contribution in [0.25, 0.3) is 11.4 Å². The molecule has 8 heteroatoms. The number of ether oxygens (including phenoxy) is 3. The van der Waals surface area contributed by atoms with Crippen molar-refractivity contribution in [1.82, 2.24) is 15.5 Å². The highest BCUT2D eigenvalue weighted by Crippen LogP contribution is 2.30. The van der Waals surface area contributed by atoms with Gasteiger partial charge in [0.1, 0.15) is 5.75 Å². The zero-order valence-corrected chi connectivity index (χ0v) is 19.2. The van der Waals surface area contributed by atoms with E-state index in [0.717, 1.165) is 16.7 Å². The van der Waals surface area contributed by atoms with Crippen LogP contribution in [0.1, 0.15) is 27.4 Å². The summed E-state index contributed by atoms with van der Waals surface area (Å²) in [5.41, 5.74) is 3.19. The van der Waals surface area contributed by atoms with Crippen molar-refractivity contribution in [3.05, 3.63) is 89.3 Å². The molecule has 0 unspecified atom stereocenters. The van der Waals surface area contributed by atoms with E-state index in [0.29, 0.717) is 34.5 Å². The molecule has 1 aromatic heterocycles. The van der Waals surface area contributed by atoms with Crippen molar-refractivity contribution in [3.63, 3.8) is 0 Å². The van der Waals surface area contributed by atoms with Crippen LogP contribution in [0, 0.1) is 6.92 Å². The van der Waals surface area contributed by atoms with Crippen LogP contribution in [0.2, 0.25) is 0 Å². The van der Waals surface area contributed by atoms with Crippen molar-refractivity contribution in [2.45, 2.75) is 20.1 Å². The zero-order valence-electron chi connectivity index (χ0n) is 19.2. The monoisotopic (exact) mass is 459 g/mol. The van der Waals surface area contributed by atoms with Gasteiger partial charge < -0.3 is 24.1 Å². The number of hydrogen-bond acceptors (Lipinski definition) is 7. The maximum atomic E-state index is 12.9. The van der Waals surface area contributed by atoms with Crippen LogP contribution in [0.15, 0.2) is 71.3 Å². The second-order valence-electron chi connectivity index (χ2n) is 7.50. The summed E-state index contributed by atoms with van der Waals surface area (Å²) in [5.74, 6) is 2.10. The minimum atomic E-state index is -0.286. The Morgan fingerprint density at radius 3 is 2.47 bits per heavy atom. The largest absolute Gasteiger partial charge is 0.493 e. The van der Waals surface area contributed by atoms with Gasteiger partial charge in [-0.25, -0.2) is 0 Å². The van der Waals surface area contributed by atoms with E-state index >= 15 is 0 Å². The summed E-state index contributed by atoms with van der Waals surface area (Å²) in [5, 5.41) is 6.92. The van der Waals surface area contributed by atoms with Gasteiger partial charge in [0.05, 0.1) is 19.8 Å². The lowest BCUT2D eigenvalue weighted by atomic mass is 10.1. The van der Waals surface area contributed by atoms with E-state index in [1.54, 1.807) is 44.6 Å². The van der Waals surface area contributed by atoms with Gasteiger partial charge in [0.15, 0.2) is 18.1 Å². The number of nitrogens with one attached hydrogen (secondary N) is 1. The third-order valence-electron chi connectivity index (χ3n) is 5.18. The predicted molar refractivity (Wildman–Crippen MR) is 126 cm³/mol. The molecule has 0 saturated carbocycles. The molecule has 0 bridgehead atoms. The SMILES string of the molecule is COc1cccc(CNC(=O)c2ccccc2OCc2nc(-c3ccc(C)cc3)no2)c1OC. The number of amides is 1. The van der Waals surface area contributed by atoms with Crippen LogP contribution in [-0.2, 0) is 13.2 Å². The molecule has 3 aromatic carbocycles. The fourth-order valence-corrected chi connectivity index (χ4v) is 3.42. The Kier molecular flexibility index (Phi) is 7.07. The predicted octanol–water partition coefficient (Wildman–Crippen LogP) is 4.57. The Bertz CT molecular complexity index is 1270. The summed E-state index contributed by atoms with van der Waals surface area (Å²) < 4.78 is 21.9. The van der Waals surface area contributed by atoms with Crippen LogP contribution in [0.5, 0.6) is 17.2 Å². The number of carbonyl (C=O) groups excluding carboxylic acids is 1. The van der Waals surface area contributed by atoms with Crippen molar-refractivity contribution in [2.75, 3.05) is 14.2 Å².